The van der Waals surface area contributed by atoms with Crippen molar-refractivity contribution in [2.75, 3.05) is 26.3 Å². The molecule has 1 saturated heterocycles. The molecule has 1 N–H and O–H groups in total. The van der Waals surface area contributed by atoms with Crippen molar-refractivity contribution < 1.29 is 22.7 Å². The van der Waals surface area contributed by atoms with Gasteiger partial charge in [-0.3, -0.25) is 4.79 Å². The van der Waals surface area contributed by atoms with Gasteiger partial charge in [-0.05, 0) is 43.7 Å². The maximum atomic E-state index is 13.1. The lowest BCUT2D eigenvalue weighted by molar-refractivity contribution is -0.127. The number of carbonyl (C=O) groups is 1. The second-order valence-corrected chi connectivity index (χ2v) is 10.7. The molecule has 4 rings (SSSR count). The van der Waals surface area contributed by atoms with E-state index in [9.17, 15) is 13.2 Å². The van der Waals surface area contributed by atoms with Crippen LogP contribution in [0.15, 0.2) is 23.1 Å². The number of sulfonamides is 1. The lowest BCUT2D eigenvalue weighted by Gasteiger charge is -2.34. The van der Waals surface area contributed by atoms with Crippen molar-refractivity contribution in [1.29, 1.82) is 0 Å². The van der Waals surface area contributed by atoms with Crippen molar-refractivity contribution in [3.8, 4) is 11.5 Å². The number of hydrogen-bond acceptors (Lipinski definition) is 5. The molecular weight excluding hydrogens is 404 g/mol. The van der Waals surface area contributed by atoms with Gasteiger partial charge in [0.05, 0.1) is 18.1 Å². The number of fused-ring (bicyclic) bond motifs is 1. The normalized spacial score (nSPS) is 26.0. The molecule has 0 radical (unpaired) electrons. The number of ether oxygens (including phenoxy) is 2. The molecule has 3 aliphatic rings. The molecule has 7 nitrogen and oxygen atoms in total. The lowest BCUT2D eigenvalue weighted by Crippen LogP contribution is -2.47. The van der Waals surface area contributed by atoms with Gasteiger partial charge >= 0.3 is 0 Å². The van der Waals surface area contributed by atoms with Crippen molar-refractivity contribution in [3.05, 3.63) is 18.2 Å². The van der Waals surface area contributed by atoms with E-state index in [1.54, 1.807) is 18.2 Å². The van der Waals surface area contributed by atoms with Crippen LogP contribution < -0.4 is 14.8 Å². The van der Waals surface area contributed by atoms with Gasteiger partial charge in [-0.2, -0.15) is 4.31 Å². The monoisotopic (exact) mass is 436 g/mol. The predicted octanol–water partition coefficient (Wildman–Crippen LogP) is 2.94. The average molecular weight is 437 g/mol. The Morgan fingerprint density at radius 3 is 2.43 bits per heavy atom. The van der Waals surface area contributed by atoms with E-state index in [1.807, 2.05) is 0 Å². The van der Waals surface area contributed by atoms with E-state index in [1.165, 1.54) is 17.1 Å². The SMILES string of the molecule is CC1CCCCC1NC(=O)C1CCN(S(=O)(=O)c2ccc3c(c2)OCCCO3)CC1. The van der Waals surface area contributed by atoms with Gasteiger partial charge in [0.2, 0.25) is 15.9 Å². The highest BCUT2D eigenvalue weighted by Gasteiger charge is 2.34. The average Bonchev–Trinajstić information content (AvgIpc) is 3.00. The summed E-state index contributed by atoms with van der Waals surface area (Å²) in [6, 6.07) is 5.06. The van der Waals surface area contributed by atoms with Crippen LogP contribution in [0.3, 0.4) is 0 Å². The Morgan fingerprint density at radius 1 is 1.00 bits per heavy atom. The number of piperidine rings is 1. The lowest BCUT2D eigenvalue weighted by atomic mass is 9.85. The summed E-state index contributed by atoms with van der Waals surface area (Å²) < 4.78 is 39.0. The Bertz CT molecular complexity index is 864. The van der Waals surface area contributed by atoms with Gasteiger partial charge in [0.1, 0.15) is 0 Å². The van der Waals surface area contributed by atoms with Crippen molar-refractivity contribution >= 4 is 15.9 Å². The Morgan fingerprint density at radius 2 is 1.70 bits per heavy atom. The summed E-state index contributed by atoms with van der Waals surface area (Å²) in [5.41, 5.74) is 0. The first-order chi connectivity index (χ1) is 14.4. The summed E-state index contributed by atoms with van der Waals surface area (Å²) in [5.74, 6) is 1.54. The van der Waals surface area contributed by atoms with Crippen molar-refractivity contribution in [2.24, 2.45) is 11.8 Å². The van der Waals surface area contributed by atoms with E-state index in [2.05, 4.69) is 12.2 Å². The highest BCUT2D eigenvalue weighted by Crippen LogP contribution is 2.34. The Hall–Kier alpha value is -1.80. The molecule has 2 heterocycles. The molecule has 166 valence electrons. The first-order valence-electron chi connectivity index (χ1n) is 11.2. The fourth-order valence-corrected chi connectivity index (χ4v) is 6.13. The molecule has 2 atom stereocenters. The fourth-order valence-electron chi connectivity index (χ4n) is 4.64. The molecule has 2 fully saturated rings. The third-order valence-corrected chi connectivity index (χ3v) is 8.52. The largest absolute Gasteiger partial charge is 0.490 e. The third-order valence-electron chi connectivity index (χ3n) is 6.62. The molecule has 1 saturated carbocycles. The minimum atomic E-state index is -3.63. The number of benzene rings is 1. The van der Waals surface area contributed by atoms with Gasteiger partial charge in [0.15, 0.2) is 11.5 Å². The van der Waals surface area contributed by atoms with E-state index in [0.29, 0.717) is 56.6 Å². The van der Waals surface area contributed by atoms with E-state index in [0.717, 1.165) is 19.3 Å². The summed E-state index contributed by atoms with van der Waals surface area (Å²) in [5, 5.41) is 3.23. The maximum absolute atomic E-state index is 13.1. The smallest absolute Gasteiger partial charge is 0.243 e. The predicted molar refractivity (Wildman–Crippen MR) is 113 cm³/mol. The minimum absolute atomic E-state index is 0.0846. The quantitative estimate of drug-likeness (QED) is 0.784. The zero-order valence-corrected chi connectivity index (χ0v) is 18.5. The number of rotatable bonds is 4. The molecule has 1 aromatic rings. The van der Waals surface area contributed by atoms with E-state index in [4.69, 9.17) is 9.47 Å². The first kappa shape index (κ1) is 21.4. The van der Waals surface area contributed by atoms with Crippen LogP contribution in [0.1, 0.15) is 51.9 Å². The summed E-state index contributed by atoms with van der Waals surface area (Å²) in [6.07, 6.45) is 6.49. The summed E-state index contributed by atoms with van der Waals surface area (Å²) in [7, 11) is -3.63. The van der Waals surface area contributed by atoms with E-state index in [-0.39, 0.29) is 22.8 Å². The highest BCUT2D eigenvalue weighted by atomic mass is 32.2. The third kappa shape index (κ3) is 4.59. The van der Waals surface area contributed by atoms with Gasteiger partial charge < -0.3 is 14.8 Å². The molecule has 2 aliphatic heterocycles. The van der Waals surface area contributed by atoms with Gasteiger partial charge in [-0.1, -0.05) is 19.8 Å². The van der Waals surface area contributed by atoms with Crippen LogP contribution >= 0.6 is 0 Å². The van der Waals surface area contributed by atoms with Crippen molar-refractivity contribution in [1.82, 2.24) is 9.62 Å². The number of nitrogens with zero attached hydrogens (tertiary/aromatic N) is 1. The first-order valence-corrected chi connectivity index (χ1v) is 12.6. The minimum Gasteiger partial charge on any atom is -0.490 e. The number of nitrogens with one attached hydrogen (secondary N) is 1. The molecule has 1 amide bonds. The molecule has 2 unspecified atom stereocenters. The van der Waals surface area contributed by atoms with Crippen LogP contribution in [-0.4, -0.2) is 51.0 Å². The number of carbonyl (C=O) groups excluding carboxylic acids is 1. The highest BCUT2D eigenvalue weighted by molar-refractivity contribution is 7.89. The van der Waals surface area contributed by atoms with Crippen LogP contribution in [0.2, 0.25) is 0 Å². The van der Waals surface area contributed by atoms with Crippen LogP contribution in [0.5, 0.6) is 11.5 Å². The van der Waals surface area contributed by atoms with Gasteiger partial charge in [-0.15, -0.1) is 0 Å². The molecule has 0 spiro atoms. The van der Waals surface area contributed by atoms with Gasteiger partial charge in [-0.25, -0.2) is 8.42 Å². The van der Waals surface area contributed by atoms with Gasteiger partial charge in [0, 0.05) is 37.5 Å². The maximum Gasteiger partial charge on any atom is 0.243 e. The number of amides is 1. The Kier molecular flexibility index (Phi) is 6.53. The Labute approximate surface area is 179 Å². The molecular formula is C22H32N2O5S. The van der Waals surface area contributed by atoms with Crippen molar-refractivity contribution in [3.63, 3.8) is 0 Å². The van der Waals surface area contributed by atoms with Gasteiger partial charge in [0.25, 0.3) is 0 Å². The standard InChI is InChI=1S/C22H32N2O5S/c1-16-5-2-3-6-19(16)23-22(25)17-9-11-24(12-10-17)30(26,27)18-7-8-20-21(15-18)29-14-4-13-28-20/h7-8,15-17,19H,2-6,9-14H2,1H3,(H,23,25). The summed E-state index contributed by atoms with van der Waals surface area (Å²) >= 11 is 0. The molecule has 1 aromatic carbocycles. The molecule has 30 heavy (non-hydrogen) atoms. The zero-order valence-electron chi connectivity index (χ0n) is 17.6. The molecule has 8 heteroatoms. The second-order valence-electron chi connectivity index (χ2n) is 8.71. The molecule has 0 bridgehead atoms. The van der Waals surface area contributed by atoms with Crippen molar-refractivity contribution in [2.45, 2.75) is 62.8 Å². The summed E-state index contributed by atoms with van der Waals surface area (Å²) in [6.45, 7) is 3.99. The van der Waals surface area contributed by atoms with Crippen LogP contribution in [-0.2, 0) is 14.8 Å². The number of hydrogen-bond donors (Lipinski definition) is 1. The zero-order chi connectivity index (χ0) is 21.1. The fraction of sp³-hybridized carbons (Fsp3) is 0.682. The topological polar surface area (TPSA) is 84.9 Å². The van der Waals surface area contributed by atoms with Crippen LogP contribution in [0.4, 0.5) is 0 Å². The van der Waals surface area contributed by atoms with E-state index >= 15 is 0 Å². The Balaban J connectivity index is 1.37. The molecule has 1 aliphatic carbocycles. The second kappa shape index (κ2) is 9.14. The van der Waals surface area contributed by atoms with Crippen LogP contribution in [0.25, 0.3) is 0 Å². The summed E-state index contributed by atoms with van der Waals surface area (Å²) in [4.78, 5) is 12.9. The van der Waals surface area contributed by atoms with Crippen LogP contribution in [0, 0.1) is 11.8 Å². The molecule has 0 aromatic heterocycles. The van der Waals surface area contributed by atoms with E-state index < -0.39 is 10.0 Å².